The molecule has 46 heavy (non-hydrogen) atoms. The first-order valence-corrected chi connectivity index (χ1v) is 15.3. The van der Waals surface area contributed by atoms with E-state index in [1.807, 2.05) is 37.3 Å². The molecule has 3 aromatic rings. The van der Waals surface area contributed by atoms with E-state index in [9.17, 15) is 19.8 Å². The van der Waals surface area contributed by atoms with Crippen molar-refractivity contribution in [3.05, 3.63) is 88.5 Å². The van der Waals surface area contributed by atoms with Crippen LogP contribution in [-0.2, 0) is 25.5 Å². The molecule has 1 aliphatic rings. The van der Waals surface area contributed by atoms with Crippen LogP contribution in [0.2, 0.25) is 0 Å². The Morgan fingerprint density at radius 2 is 1.30 bits per heavy atom. The highest BCUT2D eigenvalue weighted by atomic mass is 16.5. The molecule has 3 heterocycles. The highest BCUT2D eigenvalue weighted by Crippen LogP contribution is 2.31. The van der Waals surface area contributed by atoms with Crippen molar-refractivity contribution in [2.75, 3.05) is 84.8 Å². The van der Waals surface area contributed by atoms with Gasteiger partial charge in [0.05, 0.1) is 70.3 Å². The minimum atomic E-state index is -1.09. The lowest BCUT2D eigenvalue weighted by Gasteiger charge is -2.33. The average molecular weight is 638 g/mol. The Balaban J connectivity index is 1.42. The van der Waals surface area contributed by atoms with Crippen LogP contribution in [0, 0.1) is 6.92 Å². The fourth-order valence-electron chi connectivity index (χ4n) is 5.22. The lowest BCUT2D eigenvalue weighted by atomic mass is 9.96. The molecule has 0 bridgehead atoms. The normalized spacial score (nSPS) is 17.8. The number of aromatic carboxylic acids is 2. The first-order valence-electron chi connectivity index (χ1n) is 15.3. The zero-order chi connectivity index (χ0) is 32.7. The van der Waals surface area contributed by atoms with Crippen LogP contribution in [0.15, 0.2) is 54.6 Å². The van der Waals surface area contributed by atoms with Crippen molar-refractivity contribution in [1.29, 1.82) is 0 Å². The number of carboxylic acids is 2. The molecular formula is C33H43N5O8. The number of anilines is 1. The third-order valence-electron chi connectivity index (χ3n) is 7.53. The minimum absolute atomic E-state index is 0.0132. The summed E-state index contributed by atoms with van der Waals surface area (Å²) in [6.07, 6.45) is 0. The van der Waals surface area contributed by atoms with Gasteiger partial charge in [0.2, 0.25) is 0 Å². The number of carbonyl (C=O) groups is 2. The van der Waals surface area contributed by atoms with Gasteiger partial charge in [0.25, 0.3) is 0 Å². The van der Waals surface area contributed by atoms with Gasteiger partial charge in [-0.05, 0) is 54.4 Å². The zero-order valence-corrected chi connectivity index (χ0v) is 26.2. The Bertz CT molecular complexity index is 1400. The Labute approximate surface area is 268 Å². The molecule has 1 unspecified atom stereocenters. The summed E-state index contributed by atoms with van der Waals surface area (Å²) in [7, 11) is 0. The molecule has 1 atom stereocenters. The first-order chi connectivity index (χ1) is 22.3. The van der Waals surface area contributed by atoms with Crippen LogP contribution in [0.1, 0.15) is 49.5 Å². The molecule has 1 aliphatic heterocycles. The lowest BCUT2D eigenvalue weighted by Crippen LogP contribution is -2.37. The van der Waals surface area contributed by atoms with Gasteiger partial charge in [-0.2, -0.15) is 0 Å². The van der Waals surface area contributed by atoms with Crippen molar-refractivity contribution >= 4 is 17.6 Å². The maximum Gasteiger partial charge on any atom is 0.354 e. The van der Waals surface area contributed by atoms with E-state index in [-0.39, 0.29) is 17.4 Å². The van der Waals surface area contributed by atoms with E-state index in [4.69, 9.17) is 24.7 Å². The number of aromatic nitrogens is 2. The quantitative estimate of drug-likeness (QED) is 0.324. The van der Waals surface area contributed by atoms with Gasteiger partial charge in [-0.1, -0.05) is 18.2 Å². The maximum absolute atomic E-state index is 11.8. The van der Waals surface area contributed by atoms with E-state index in [1.54, 1.807) is 12.1 Å². The SMILES string of the molecule is Cc1cc(N)ccc1C(c1cccc(C(=O)O)n1)N1CCOCCOCCN(Cc2cccc(C(=O)O)n2)CCOCCOCC1. The van der Waals surface area contributed by atoms with Crippen molar-refractivity contribution in [2.24, 2.45) is 0 Å². The monoisotopic (exact) mass is 637 g/mol. The number of pyridine rings is 2. The lowest BCUT2D eigenvalue weighted by molar-refractivity contribution is 0.00328. The van der Waals surface area contributed by atoms with Crippen LogP contribution in [0.3, 0.4) is 0 Å². The average Bonchev–Trinajstić information content (AvgIpc) is 3.03. The first kappa shape index (κ1) is 34.9. The number of carboxylic acid groups (broad SMARTS) is 2. The van der Waals surface area contributed by atoms with Crippen LogP contribution in [0.25, 0.3) is 0 Å². The highest BCUT2D eigenvalue weighted by Gasteiger charge is 2.26. The number of nitrogens with two attached hydrogens (primary N) is 1. The molecule has 248 valence electrons. The Hall–Kier alpha value is -3.98. The molecule has 0 spiro atoms. The van der Waals surface area contributed by atoms with Crippen LogP contribution in [0.5, 0.6) is 0 Å². The molecule has 0 saturated carbocycles. The van der Waals surface area contributed by atoms with Gasteiger partial charge in [0.1, 0.15) is 11.4 Å². The standard InChI is InChI=1S/C33H43N5O8/c1-24-22-25(34)8-9-27(24)31(28-5-3-7-30(36-28)33(41)42)38-12-16-45-20-18-43-14-10-37(11-15-44-19-21-46-17-13-38)23-26-4-2-6-29(35-26)32(39)40/h2-9,22,31H,10-21,23,34H2,1H3,(H,39,40)(H,41,42). The largest absolute Gasteiger partial charge is 0.477 e. The van der Waals surface area contributed by atoms with Crippen LogP contribution >= 0.6 is 0 Å². The number of hydrogen-bond donors (Lipinski definition) is 3. The fraction of sp³-hybridized carbons (Fsp3) is 0.455. The second-order valence-corrected chi connectivity index (χ2v) is 10.9. The van der Waals surface area contributed by atoms with Gasteiger partial charge >= 0.3 is 11.9 Å². The zero-order valence-electron chi connectivity index (χ0n) is 26.2. The molecule has 4 N–H and O–H groups in total. The van der Waals surface area contributed by atoms with Crippen LogP contribution in [-0.4, -0.2) is 121 Å². The predicted octanol–water partition coefficient (Wildman–Crippen LogP) is 2.74. The van der Waals surface area contributed by atoms with Gasteiger partial charge in [-0.25, -0.2) is 19.6 Å². The van der Waals surface area contributed by atoms with E-state index in [1.165, 1.54) is 12.1 Å². The summed E-state index contributed by atoms with van der Waals surface area (Å²) >= 11 is 0. The van der Waals surface area contributed by atoms with Crippen molar-refractivity contribution < 1.29 is 38.7 Å². The number of nitrogen functional groups attached to an aromatic ring is 1. The number of hydrogen-bond acceptors (Lipinski definition) is 11. The van der Waals surface area contributed by atoms with E-state index in [2.05, 4.69) is 19.8 Å². The summed E-state index contributed by atoms with van der Waals surface area (Å²) in [6, 6.07) is 15.3. The van der Waals surface area contributed by atoms with Crippen molar-refractivity contribution in [3.63, 3.8) is 0 Å². The third-order valence-corrected chi connectivity index (χ3v) is 7.53. The van der Waals surface area contributed by atoms with Crippen LogP contribution in [0.4, 0.5) is 5.69 Å². The molecule has 1 saturated heterocycles. The molecule has 13 nitrogen and oxygen atoms in total. The topological polar surface area (TPSA) is 170 Å². The smallest absolute Gasteiger partial charge is 0.354 e. The summed E-state index contributed by atoms with van der Waals surface area (Å²) in [6.45, 7) is 8.07. The summed E-state index contributed by atoms with van der Waals surface area (Å²) in [5.74, 6) is -2.15. The third kappa shape index (κ3) is 10.8. The summed E-state index contributed by atoms with van der Waals surface area (Å²) in [5.41, 5.74) is 9.89. The maximum atomic E-state index is 11.8. The molecule has 4 rings (SSSR count). The number of rotatable bonds is 7. The molecule has 1 aromatic carbocycles. The second kappa shape index (κ2) is 18.2. The fourth-order valence-corrected chi connectivity index (χ4v) is 5.22. The molecule has 0 aliphatic carbocycles. The summed E-state index contributed by atoms with van der Waals surface area (Å²) < 4.78 is 23.6. The van der Waals surface area contributed by atoms with E-state index < -0.39 is 11.9 Å². The minimum Gasteiger partial charge on any atom is -0.477 e. The summed E-state index contributed by atoms with van der Waals surface area (Å²) in [5, 5.41) is 18.9. The van der Waals surface area contributed by atoms with Crippen LogP contribution < -0.4 is 5.73 Å². The summed E-state index contributed by atoms with van der Waals surface area (Å²) in [4.78, 5) is 36.1. The highest BCUT2D eigenvalue weighted by molar-refractivity contribution is 5.85. The van der Waals surface area contributed by atoms with Gasteiger partial charge in [-0.3, -0.25) is 9.80 Å². The molecule has 1 fully saturated rings. The van der Waals surface area contributed by atoms with Crippen molar-refractivity contribution in [1.82, 2.24) is 19.8 Å². The van der Waals surface area contributed by atoms with Gasteiger partial charge in [0.15, 0.2) is 0 Å². The Morgan fingerprint density at radius 3 is 1.87 bits per heavy atom. The second-order valence-electron chi connectivity index (χ2n) is 10.9. The predicted molar refractivity (Wildman–Crippen MR) is 170 cm³/mol. The van der Waals surface area contributed by atoms with E-state index >= 15 is 0 Å². The molecule has 0 amide bonds. The molecule has 2 aromatic heterocycles. The molecule has 0 radical (unpaired) electrons. The number of benzene rings is 1. The van der Waals surface area contributed by atoms with E-state index in [0.717, 1.165) is 11.1 Å². The number of nitrogens with zero attached hydrogens (tertiary/aromatic N) is 4. The van der Waals surface area contributed by atoms with Gasteiger partial charge < -0.3 is 34.9 Å². The Kier molecular flexibility index (Phi) is 13.8. The van der Waals surface area contributed by atoms with Crippen molar-refractivity contribution in [3.8, 4) is 0 Å². The number of ether oxygens (including phenoxy) is 4. The van der Waals surface area contributed by atoms with Gasteiger partial charge in [0, 0.05) is 38.4 Å². The van der Waals surface area contributed by atoms with Gasteiger partial charge in [-0.15, -0.1) is 0 Å². The molecular weight excluding hydrogens is 594 g/mol. The van der Waals surface area contributed by atoms with E-state index in [0.29, 0.717) is 103 Å². The molecule has 13 heteroatoms. The van der Waals surface area contributed by atoms with Crippen molar-refractivity contribution in [2.45, 2.75) is 19.5 Å². The Morgan fingerprint density at radius 1 is 0.761 bits per heavy atom. The number of aryl methyl sites for hydroxylation is 1.